The second kappa shape index (κ2) is 6.98. The van der Waals surface area contributed by atoms with Gasteiger partial charge >= 0.3 is 5.97 Å². The van der Waals surface area contributed by atoms with E-state index >= 15 is 0 Å². The molecule has 2 saturated carbocycles. The monoisotopic (exact) mass is 417 g/mol. The van der Waals surface area contributed by atoms with Gasteiger partial charge in [-0.1, -0.05) is 50.2 Å². The summed E-state index contributed by atoms with van der Waals surface area (Å²) in [6.07, 6.45) is 4.30. The summed E-state index contributed by atoms with van der Waals surface area (Å²) in [6.45, 7) is 8.99. The van der Waals surface area contributed by atoms with Crippen LogP contribution in [0.15, 0.2) is 53.2 Å². The summed E-state index contributed by atoms with van der Waals surface area (Å²) in [6, 6.07) is 13.4. The fourth-order valence-corrected chi connectivity index (χ4v) is 5.40. The van der Waals surface area contributed by atoms with Crippen LogP contribution >= 0.6 is 0 Å². The van der Waals surface area contributed by atoms with Gasteiger partial charge in [0, 0.05) is 5.41 Å². The number of carbonyl (C=O) groups is 1. The highest BCUT2D eigenvalue weighted by Crippen LogP contribution is 2.66. The van der Waals surface area contributed by atoms with Crippen molar-refractivity contribution in [2.24, 2.45) is 21.9 Å². The van der Waals surface area contributed by atoms with Crippen molar-refractivity contribution in [1.29, 1.82) is 0 Å². The molecule has 2 fully saturated rings. The molecule has 0 N–H and O–H groups in total. The van der Waals surface area contributed by atoms with E-state index < -0.39 is 5.97 Å². The maximum atomic E-state index is 12.7. The number of nitrogens with zero attached hydrogens (tertiary/aromatic N) is 1. The van der Waals surface area contributed by atoms with Crippen molar-refractivity contribution >= 4 is 17.8 Å². The first kappa shape index (κ1) is 19.9. The van der Waals surface area contributed by atoms with Crippen LogP contribution in [0, 0.1) is 23.7 Å². The number of benzene rings is 2. The minimum atomic E-state index is -0.419. The lowest BCUT2D eigenvalue weighted by Crippen LogP contribution is -2.33. The zero-order chi connectivity index (χ0) is 21.8. The number of ether oxygens (including phenoxy) is 2. The number of rotatable bonds is 3. The molecule has 0 aromatic heterocycles. The van der Waals surface area contributed by atoms with Crippen molar-refractivity contribution in [3.05, 3.63) is 64.7 Å². The van der Waals surface area contributed by atoms with E-state index in [0.29, 0.717) is 11.5 Å². The highest BCUT2D eigenvalue weighted by molar-refractivity contribution is 6.11. The van der Waals surface area contributed by atoms with E-state index in [9.17, 15) is 4.79 Å². The molecule has 1 aliphatic heterocycles. The van der Waals surface area contributed by atoms with Crippen molar-refractivity contribution in [1.82, 2.24) is 0 Å². The van der Waals surface area contributed by atoms with Crippen LogP contribution in [-0.4, -0.2) is 18.5 Å². The minimum absolute atomic E-state index is 0.0308. The van der Waals surface area contributed by atoms with Crippen LogP contribution in [0.4, 0.5) is 0 Å². The Kier molecular flexibility index (Phi) is 4.47. The largest absolute Gasteiger partial charge is 0.454 e. The summed E-state index contributed by atoms with van der Waals surface area (Å²) in [4.78, 5) is 18.2. The molecule has 2 bridgehead atoms. The summed E-state index contributed by atoms with van der Waals surface area (Å²) in [7, 11) is 0. The van der Waals surface area contributed by atoms with Gasteiger partial charge in [0.2, 0.25) is 6.79 Å². The summed E-state index contributed by atoms with van der Waals surface area (Å²) < 4.78 is 11.0. The van der Waals surface area contributed by atoms with Gasteiger partial charge in [-0.2, -0.15) is 0 Å². The van der Waals surface area contributed by atoms with Gasteiger partial charge in [-0.25, -0.2) is 4.79 Å². The zero-order valence-corrected chi connectivity index (χ0v) is 18.4. The Balaban J connectivity index is 1.53. The Morgan fingerprint density at radius 2 is 1.90 bits per heavy atom. The Hall–Kier alpha value is -3.08. The van der Waals surface area contributed by atoms with E-state index in [-0.39, 0.29) is 17.6 Å². The van der Waals surface area contributed by atoms with Crippen LogP contribution in [0.1, 0.15) is 55.1 Å². The first-order valence-electron chi connectivity index (χ1n) is 10.8. The van der Waals surface area contributed by atoms with E-state index in [1.807, 2.05) is 43.3 Å². The smallest absolute Gasteiger partial charge is 0.366 e. The van der Waals surface area contributed by atoms with Crippen LogP contribution < -0.4 is 9.47 Å². The zero-order valence-electron chi connectivity index (χ0n) is 18.4. The Bertz CT molecular complexity index is 1130. The lowest BCUT2D eigenvalue weighted by Gasteiger charge is -2.33. The molecule has 5 nitrogen and oxygen atoms in total. The van der Waals surface area contributed by atoms with Crippen LogP contribution in [0.2, 0.25) is 0 Å². The highest BCUT2D eigenvalue weighted by Gasteiger charge is 2.63. The van der Waals surface area contributed by atoms with E-state index in [1.54, 1.807) is 6.07 Å². The minimum Gasteiger partial charge on any atom is -0.454 e. The average Bonchev–Trinajstić information content (AvgIpc) is 3.33. The van der Waals surface area contributed by atoms with Crippen molar-refractivity contribution in [2.45, 2.75) is 40.5 Å². The summed E-state index contributed by atoms with van der Waals surface area (Å²) in [5, 5.41) is 4.48. The van der Waals surface area contributed by atoms with Gasteiger partial charge in [0.05, 0.1) is 11.3 Å². The van der Waals surface area contributed by atoms with Crippen molar-refractivity contribution in [3.8, 4) is 11.5 Å². The van der Waals surface area contributed by atoms with Crippen molar-refractivity contribution < 1.29 is 19.1 Å². The number of hydrogen-bond donors (Lipinski definition) is 0. The molecule has 3 aliphatic rings. The van der Waals surface area contributed by atoms with Gasteiger partial charge in [-0.3, -0.25) is 0 Å². The molecule has 2 atom stereocenters. The Labute approximate surface area is 182 Å². The van der Waals surface area contributed by atoms with Gasteiger partial charge in [0.15, 0.2) is 11.5 Å². The SMILES string of the molecule is Cc1ccccc1C(=O)O/N=C1\C(=C\c2ccc3c(c2)OCO3)[C@H]2CC[C@@]1(C)C2(C)C. The molecular weight excluding hydrogens is 390 g/mol. The third-order valence-corrected chi connectivity index (χ3v) is 7.70. The molecule has 0 radical (unpaired) electrons. The standard InChI is InChI=1S/C26H27NO4/c1-16-7-5-6-8-18(16)24(28)31-27-23-19(20-11-12-26(23,4)25(20,2)3)13-17-9-10-21-22(14-17)30-15-29-21/h5-10,13-14,20H,11-12,15H2,1-4H3/b19-13+,27-23+/t20-,26-/m1/s1. The van der Waals surface area contributed by atoms with Crippen LogP contribution in [0.5, 0.6) is 11.5 Å². The number of aryl methyl sites for hydroxylation is 1. The topological polar surface area (TPSA) is 57.1 Å². The fourth-order valence-electron chi connectivity index (χ4n) is 5.40. The lowest BCUT2D eigenvalue weighted by atomic mass is 9.70. The number of allylic oxidation sites excluding steroid dienone is 1. The number of carbonyl (C=O) groups excluding carboxylic acids is 1. The molecule has 160 valence electrons. The third-order valence-electron chi connectivity index (χ3n) is 7.70. The molecule has 5 rings (SSSR count). The van der Waals surface area contributed by atoms with Gasteiger partial charge in [0.25, 0.3) is 0 Å². The van der Waals surface area contributed by atoms with Gasteiger partial charge in [-0.15, -0.1) is 0 Å². The van der Waals surface area contributed by atoms with Crippen LogP contribution in [-0.2, 0) is 4.84 Å². The second-order valence-corrected chi connectivity index (χ2v) is 9.49. The Morgan fingerprint density at radius 3 is 2.71 bits per heavy atom. The molecule has 0 saturated heterocycles. The summed E-state index contributed by atoms with van der Waals surface area (Å²) >= 11 is 0. The van der Waals surface area contributed by atoms with E-state index in [2.05, 4.69) is 32.0 Å². The molecule has 31 heavy (non-hydrogen) atoms. The van der Waals surface area contributed by atoms with E-state index in [0.717, 1.165) is 46.8 Å². The maximum absolute atomic E-state index is 12.7. The molecule has 0 unspecified atom stereocenters. The predicted octanol–water partition coefficient (Wildman–Crippen LogP) is 5.78. The molecule has 0 amide bonds. The van der Waals surface area contributed by atoms with Crippen molar-refractivity contribution in [2.75, 3.05) is 6.79 Å². The first-order chi connectivity index (χ1) is 14.8. The van der Waals surface area contributed by atoms with Crippen LogP contribution in [0.25, 0.3) is 6.08 Å². The van der Waals surface area contributed by atoms with Gasteiger partial charge < -0.3 is 14.3 Å². The quantitative estimate of drug-likeness (QED) is 0.469. The van der Waals surface area contributed by atoms with E-state index in [4.69, 9.17) is 14.3 Å². The number of hydrogen-bond acceptors (Lipinski definition) is 5. The molecule has 1 heterocycles. The highest BCUT2D eigenvalue weighted by atomic mass is 16.7. The lowest BCUT2D eigenvalue weighted by molar-refractivity contribution is 0.0508. The molecule has 5 heteroatoms. The second-order valence-electron chi connectivity index (χ2n) is 9.49. The maximum Gasteiger partial charge on any atom is 0.366 e. The molecule has 2 aromatic rings. The molecule has 2 aliphatic carbocycles. The molecular formula is C26H27NO4. The third kappa shape index (κ3) is 2.98. The van der Waals surface area contributed by atoms with Crippen molar-refractivity contribution in [3.63, 3.8) is 0 Å². The summed E-state index contributed by atoms with van der Waals surface area (Å²) in [5.41, 5.74) is 4.37. The molecule has 0 spiro atoms. The fraction of sp³-hybridized carbons (Fsp3) is 0.385. The number of fused-ring (bicyclic) bond motifs is 3. The van der Waals surface area contributed by atoms with Gasteiger partial charge in [0.1, 0.15) is 0 Å². The van der Waals surface area contributed by atoms with Crippen LogP contribution in [0.3, 0.4) is 0 Å². The normalized spacial score (nSPS) is 27.8. The Morgan fingerprint density at radius 1 is 1.13 bits per heavy atom. The molecule has 2 aromatic carbocycles. The van der Waals surface area contributed by atoms with E-state index in [1.165, 1.54) is 0 Å². The van der Waals surface area contributed by atoms with Gasteiger partial charge in [-0.05, 0) is 72.1 Å². The summed E-state index contributed by atoms with van der Waals surface area (Å²) in [5.74, 6) is 1.46. The number of oxime groups is 1. The predicted molar refractivity (Wildman–Crippen MR) is 119 cm³/mol. The first-order valence-corrected chi connectivity index (χ1v) is 10.8. The average molecular weight is 418 g/mol.